The van der Waals surface area contributed by atoms with Crippen LogP contribution in [0.25, 0.3) is 0 Å². The topological polar surface area (TPSA) is 23.6 Å². The Labute approximate surface area is 121 Å². The van der Waals surface area contributed by atoms with Crippen LogP contribution in [-0.2, 0) is 11.3 Å². The Morgan fingerprint density at radius 2 is 1.75 bits per heavy atom. The summed E-state index contributed by atoms with van der Waals surface area (Å²) in [5.41, 5.74) is 1.95. The van der Waals surface area contributed by atoms with Crippen molar-refractivity contribution in [1.29, 1.82) is 0 Å². The van der Waals surface area contributed by atoms with Gasteiger partial charge in [-0.1, -0.05) is 19.9 Å². The lowest BCUT2D eigenvalue weighted by Crippen LogP contribution is -2.47. The Hall–Kier alpha value is -1.42. The number of carbonyl (C=O) groups excluding carboxylic acids is 1. The first-order valence-electron chi connectivity index (χ1n) is 7.28. The van der Waals surface area contributed by atoms with E-state index in [2.05, 4.69) is 4.90 Å². The highest BCUT2D eigenvalue weighted by Gasteiger charge is 2.18. The molecule has 3 nitrogen and oxygen atoms in total. The average Bonchev–Trinajstić information content (AvgIpc) is 2.40. The summed E-state index contributed by atoms with van der Waals surface area (Å²) in [6, 6.07) is 5.14. The minimum Gasteiger partial charge on any atom is -0.340 e. The van der Waals surface area contributed by atoms with Crippen molar-refractivity contribution in [3.63, 3.8) is 0 Å². The first-order valence-corrected chi connectivity index (χ1v) is 7.28. The fourth-order valence-electron chi connectivity index (χ4n) is 2.38. The molecule has 4 heteroatoms. The molecule has 0 bridgehead atoms. The van der Waals surface area contributed by atoms with E-state index in [4.69, 9.17) is 0 Å². The van der Waals surface area contributed by atoms with Crippen LogP contribution in [0.5, 0.6) is 0 Å². The summed E-state index contributed by atoms with van der Waals surface area (Å²) in [7, 11) is 0. The molecule has 20 heavy (non-hydrogen) atoms. The van der Waals surface area contributed by atoms with Crippen LogP contribution in [0.15, 0.2) is 18.2 Å². The van der Waals surface area contributed by atoms with Gasteiger partial charge in [0.25, 0.3) is 0 Å². The molecule has 0 N–H and O–H groups in total. The largest absolute Gasteiger partial charge is 0.340 e. The molecule has 1 aromatic rings. The summed E-state index contributed by atoms with van der Waals surface area (Å²) in [6.45, 7) is 11.5. The molecular formula is C16H25FN2O. The number of amides is 1. The quantitative estimate of drug-likeness (QED) is 0.831. The average molecular weight is 280 g/mol. The number of carbonyl (C=O) groups is 1. The van der Waals surface area contributed by atoms with E-state index in [0.29, 0.717) is 0 Å². The van der Waals surface area contributed by atoms with Crippen molar-refractivity contribution >= 4 is 5.91 Å². The number of hydrogen-bond acceptors (Lipinski definition) is 2. The van der Waals surface area contributed by atoms with E-state index >= 15 is 0 Å². The first-order chi connectivity index (χ1) is 9.54. The Morgan fingerprint density at radius 3 is 2.25 bits per heavy atom. The van der Waals surface area contributed by atoms with E-state index in [1.54, 1.807) is 13.0 Å². The third-order valence-electron chi connectivity index (χ3n) is 3.33. The monoisotopic (exact) mass is 280 g/mol. The molecule has 1 aliphatic rings. The predicted molar refractivity (Wildman–Crippen MR) is 80.0 cm³/mol. The van der Waals surface area contributed by atoms with Gasteiger partial charge in [-0.3, -0.25) is 9.69 Å². The van der Waals surface area contributed by atoms with Gasteiger partial charge in [-0.05, 0) is 30.2 Å². The number of rotatable bonds is 2. The molecule has 0 radical (unpaired) electrons. The zero-order chi connectivity index (χ0) is 15.1. The second kappa shape index (κ2) is 8.00. The van der Waals surface area contributed by atoms with Gasteiger partial charge in [-0.15, -0.1) is 0 Å². The maximum Gasteiger partial charge on any atom is 0.219 e. The first kappa shape index (κ1) is 16.6. The number of aryl methyl sites for hydroxylation is 1. The van der Waals surface area contributed by atoms with E-state index in [1.807, 2.05) is 31.7 Å². The molecule has 1 saturated heterocycles. The minimum absolute atomic E-state index is 0.135. The zero-order valence-corrected chi connectivity index (χ0v) is 12.9. The number of nitrogens with zero attached hydrogens (tertiary/aromatic N) is 2. The second-order valence-electron chi connectivity index (χ2n) is 4.92. The van der Waals surface area contributed by atoms with Gasteiger partial charge in [-0.25, -0.2) is 4.39 Å². The predicted octanol–water partition coefficient (Wildman–Crippen LogP) is 2.82. The van der Waals surface area contributed by atoms with Gasteiger partial charge in [0.1, 0.15) is 5.82 Å². The molecule has 112 valence electrons. The van der Waals surface area contributed by atoms with Crippen LogP contribution in [0.1, 0.15) is 31.9 Å². The number of hydrogen-bond donors (Lipinski definition) is 0. The Bertz CT molecular complexity index is 420. The third kappa shape index (κ3) is 4.93. The van der Waals surface area contributed by atoms with E-state index in [0.717, 1.165) is 43.9 Å². The van der Waals surface area contributed by atoms with Crippen molar-refractivity contribution < 1.29 is 9.18 Å². The molecule has 1 aromatic carbocycles. The Kier molecular flexibility index (Phi) is 6.65. The van der Waals surface area contributed by atoms with Crippen molar-refractivity contribution in [2.24, 2.45) is 0 Å². The second-order valence-corrected chi connectivity index (χ2v) is 4.92. The summed E-state index contributed by atoms with van der Waals surface area (Å²) >= 11 is 0. The minimum atomic E-state index is -0.174. The van der Waals surface area contributed by atoms with Crippen LogP contribution in [0.3, 0.4) is 0 Å². The zero-order valence-electron chi connectivity index (χ0n) is 12.9. The molecule has 2 rings (SSSR count). The lowest BCUT2D eigenvalue weighted by Gasteiger charge is -2.34. The van der Waals surface area contributed by atoms with Crippen molar-refractivity contribution in [3.8, 4) is 0 Å². The highest BCUT2D eigenvalue weighted by atomic mass is 19.1. The van der Waals surface area contributed by atoms with Crippen molar-refractivity contribution in [2.75, 3.05) is 26.2 Å². The summed E-state index contributed by atoms with van der Waals surface area (Å²) in [4.78, 5) is 15.3. The smallest absolute Gasteiger partial charge is 0.219 e. The summed E-state index contributed by atoms with van der Waals surface area (Å²) in [6.07, 6.45) is 0. The molecule has 0 saturated carbocycles. The van der Waals surface area contributed by atoms with Crippen LogP contribution in [0, 0.1) is 12.7 Å². The number of benzene rings is 1. The van der Waals surface area contributed by atoms with Crippen molar-refractivity contribution in [1.82, 2.24) is 9.80 Å². The molecule has 1 heterocycles. The molecular weight excluding hydrogens is 255 g/mol. The van der Waals surface area contributed by atoms with Crippen LogP contribution < -0.4 is 0 Å². The van der Waals surface area contributed by atoms with Gasteiger partial charge in [0.2, 0.25) is 5.91 Å². The lowest BCUT2D eigenvalue weighted by molar-refractivity contribution is -0.130. The van der Waals surface area contributed by atoms with Gasteiger partial charge in [0.05, 0.1) is 0 Å². The highest BCUT2D eigenvalue weighted by Crippen LogP contribution is 2.12. The SMILES string of the molecule is CC.CC(=O)N1CCN(Cc2cc(C)cc(F)c2)CC1. The van der Waals surface area contributed by atoms with E-state index in [1.165, 1.54) is 6.07 Å². The van der Waals surface area contributed by atoms with Gasteiger partial charge >= 0.3 is 0 Å². The lowest BCUT2D eigenvalue weighted by atomic mass is 10.1. The fraction of sp³-hybridized carbons (Fsp3) is 0.562. The van der Waals surface area contributed by atoms with Gasteiger partial charge in [0, 0.05) is 39.6 Å². The van der Waals surface area contributed by atoms with E-state index < -0.39 is 0 Å². The third-order valence-corrected chi connectivity index (χ3v) is 3.33. The normalized spacial score (nSPS) is 15.6. The summed E-state index contributed by atoms with van der Waals surface area (Å²) < 4.78 is 13.3. The van der Waals surface area contributed by atoms with Crippen LogP contribution in [0.4, 0.5) is 4.39 Å². The molecule has 0 atom stereocenters. The van der Waals surface area contributed by atoms with Crippen molar-refractivity contribution in [2.45, 2.75) is 34.2 Å². The van der Waals surface area contributed by atoms with Crippen LogP contribution in [0.2, 0.25) is 0 Å². The van der Waals surface area contributed by atoms with Gasteiger partial charge < -0.3 is 4.90 Å². The maximum absolute atomic E-state index is 13.3. The number of piperazine rings is 1. The standard InChI is InChI=1S/C14H19FN2O.C2H6/c1-11-7-13(9-14(15)8-11)10-16-3-5-17(6-4-16)12(2)18;1-2/h7-9H,3-6,10H2,1-2H3;1-2H3. The molecule has 0 unspecified atom stereocenters. The molecule has 1 fully saturated rings. The summed E-state index contributed by atoms with van der Waals surface area (Å²) in [5.74, 6) is -0.0383. The molecule has 1 aliphatic heterocycles. The van der Waals surface area contributed by atoms with Gasteiger partial charge in [0.15, 0.2) is 0 Å². The fourth-order valence-corrected chi connectivity index (χ4v) is 2.38. The highest BCUT2D eigenvalue weighted by molar-refractivity contribution is 5.73. The van der Waals surface area contributed by atoms with E-state index in [-0.39, 0.29) is 11.7 Å². The molecule has 0 aliphatic carbocycles. The maximum atomic E-state index is 13.3. The Morgan fingerprint density at radius 1 is 1.15 bits per heavy atom. The van der Waals surface area contributed by atoms with Crippen LogP contribution in [-0.4, -0.2) is 41.9 Å². The van der Waals surface area contributed by atoms with Crippen molar-refractivity contribution in [3.05, 3.63) is 35.1 Å². The molecule has 0 spiro atoms. The summed E-state index contributed by atoms with van der Waals surface area (Å²) in [5, 5.41) is 0. The Balaban J connectivity index is 0.000000956. The molecule has 0 aromatic heterocycles. The van der Waals surface area contributed by atoms with E-state index in [9.17, 15) is 9.18 Å². The molecule has 1 amide bonds. The number of halogens is 1. The van der Waals surface area contributed by atoms with Crippen LogP contribution >= 0.6 is 0 Å². The van der Waals surface area contributed by atoms with Gasteiger partial charge in [-0.2, -0.15) is 0 Å².